The van der Waals surface area contributed by atoms with Crippen LogP contribution >= 0.6 is 27.7 Å². The van der Waals surface area contributed by atoms with Crippen LogP contribution in [-0.4, -0.2) is 16.2 Å². The molecule has 1 aromatic rings. The number of anilines is 1. The number of halogens is 1. The van der Waals surface area contributed by atoms with Crippen LogP contribution in [0.25, 0.3) is 0 Å². The molecule has 0 atom stereocenters. The van der Waals surface area contributed by atoms with Crippen molar-refractivity contribution in [1.29, 1.82) is 0 Å². The highest BCUT2D eigenvalue weighted by atomic mass is 79.9. The summed E-state index contributed by atoms with van der Waals surface area (Å²) in [4.78, 5) is 7.99. The minimum absolute atomic E-state index is 0. The van der Waals surface area contributed by atoms with E-state index < -0.39 is 0 Å². The number of rotatable bonds is 1. The lowest BCUT2D eigenvalue weighted by molar-refractivity contribution is 0.956. The van der Waals surface area contributed by atoms with E-state index in [1.165, 1.54) is 11.8 Å². The molecule has 1 aromatic heterocycles. The molecule has 0 unspecified atom stereocenters. The Labute approximate surface area is 92.7 Å². The Morgan fingerprint density at radius 2 is 2.00 bits per heavy atom. The third-order valence-electron chi connectivity index (χ3n) is 0.929. The molecule has 76 valence electrons. The second-order valence-electron chi connectivity index (χ2n) is 1.60. The van der Waals surface area contributed by atoms with Crippen molar-refractivity contribution in [2.75, 3.05) is 12.0 Å². The lowest BCUT2D eigenvalue weighted by Gasteiger charge is -1.96. The van der Waals surface area contributed by atoms with E-state index in [9.17, 15) is 0 Å². The van der Waals surface area contributed by atoms with Crippen LogP contribution in [0.1, 0.15) is 21.3 Å². The van der Waals surface area contributed by atoms with Crippen molar-refractivity contribution in [1.82, 2.24) is 9.97 Å². The quantitative estimate of drug-likeness (QED) is 0.482. The van der Waals surface area contributed by atoms with Gasteiger partial charge in [-0.15, -0.1) is 0 Å². The van der Waals surface area contributed by atoms with Gasteiger partial charge in [0.15, 0.2) is 5.16 Å². The van der Waals surface area contributed by atoms with Gasteiger partial charge in [0.2, 0.25) is 0 Å². The topological polar surface area (TPSA) is 51.8 Å². The summed E-state index contributed by atoms with van der Waals surface area (Å²) in [6.45, 7) is 4.00. The summed E-state index contributed by atoms with van der Waals surface area (Å²) in [5.74, 6) is 0. The van der Waals surface area contributed by atoms with Gasteiger partial charge in [-0.25, -0.2) is 9.97 Å². The molecule has 0 amide bonds. The first kappa shape index (κ1) is 15.2. The van der Waals surface area contributed by atoms with Crippen molar-refractivity contribution < 1.29 is 0 Å². The minimum atomic E-state index is 0. The van der Waals surface area contributed by atoms with Crippen molar-refractivity contribution in [2.24, 2.45) is 0 Å². The molecule has 0 aliphatic carbocycles. The molecule has 0 aliphatic rings. The molecule has 13 heavy (non-hydrogen) atoms. The molecular weight excluding hydrogens is 250 g/mol. The van der Waals surface area contributed by atoms with Gasteiger partial charge >= 0.3 is 0 Å². The van der Waals surface area contributed by atoms with Gasteiger partial charge in [0.25, 0.3) is 0 Å². The molecule has 1 heterocycles. The van der Waals surface area contributed by atoms with Crippen molar-refractivity contribution in [3.8, 4) is 0 Å². The van der Waals surface area contributed by atoms with Gasteiger partial charge in [0, 0.05) is 0 Å². The molecule has 0 saturated heterocycles. The summed E-state index contributed by atoms with van der Waals surface area (Å²) >= 11 is 4.68. The van der Waals surface area contributed by atoms with Gasteiger partial charge in [0.05, 0.1) is 11.9 Å². The van der Waals surface area contributed by atoms with Crippen LogP contribution in [0, 0.1) is 0 Å². The van der Waals surface area contributed by atoms with Gasteiger partial charge in [-0.05, 0) is 22.2 Å². The molecule has 0 radical (unpaired) electrons. The number of hydrogen-bond donors (Lipinski definition) is 1. The predicted octanol–water partition coefficient (Wildman–Crippen LogP) is 3.21. The average Bonchev–Trinajstić information content (AvgIpc) is 2.13. The lowest BCUT2D eigenvalue weighted by Crippen LogP contribution is -1.92. The molecular formula is C8H16BrN3S. The third-order valence-corrected chi connectivity index (χ3v) is 2.13. The smallest absolute Gasteiger partial charge is 0.188 e. The molecule has 0 spiro atoms. The molecule has 0 fully saturated rings. The highest BCUT2D eigenvalue weighted by molar-refractivity contribution is 9.10. The van der Waals surface area contributed by atoms with Crippen LogP contribution in [0.15, 0.2) is 16.0 Å². The number of nitrogens with zero attached hydrogens (tertiary/aromatic N) is 2. The van der Waals surface area contributed by atoms with E-state index in [4.69, 9.17) is 5.73 Å². The maximum Gasteiger partial charge on any atom is 0.188 e. The zero-order valence-corrected chi connectivity index (χ0v) is 9.74. The van der Waals surface area contributed by atoms with Gasteiger partial charge in [-0.3, -0.25) is 0 Å². The van der Waals surface area contributed by atoms with Crippen LogP contribution in [0.4, 0.5) is 5.69 Å². The summed E-state index contributed by atoms with van der Waals surface area (Å²) in [7, 11) is 0. The normalized spacial score (nSPS) is 8.00. The number of nitrogens with two attached hydrogens (primary N) is 1. The monoisotopic (exact) mass is 265 g/mol. The average molecular weight is 266 g/mol. The number of hydrogen-bond acceptors (Lipinski definition) is 4. The maximum atomic E-state index is 5.46. The Kier molecular flexibility index (Phi) is 9.72. The van der Waals surface area contributed by atoms with Crippen LogP contribution in [0.5, 0.6) is 0 Å². The van der Waals surface area contributed by atoms with Crippen LogP contribution in [-0.2, 0) is 0 Å². The fourth-order valence-electron chi connectivity index (χ4n) is 0.454. The second-order valence-corrected chi connectivity index (χ2v) is 3.13. The maximum absolute atomic E-state index is 5.46. The minimum Gasteiger partial charge on any atom is -0.395 e. The van der Waals surface area contributed by atoms with Crippen molar-refractivity contribution in [2.45, 2.75) is 26.4 Å². The van der Waals surface area contributed by atoms with Gasteiger partial charge in [-0.1, -0.05) is 33.0 Å². The van der Waals surface area contributed by atoms with Gasteiger partial charge in [0.1, 0.15) is 4.60 Å². The fourth-order valence-corrected chi connectivity index (χ4v) is 1.18. The van der Waals surface area contributed by atoms with E-state index in [2.05, 4.69) is 25.9 Å². The number of thioether (sulfide) groups is 1. The zero-order valence-electron chi connectivity index (χ0n) is 7.34. The number of aromatic nitrogens is 2. The van der Waals surface area contributed by atoms with Crippen molar-refractivity contribution >= 4 is 33.4 Å². The Morgan fingerprint density at radius 1 is 1.46 bits per heavy atom. The highest BCUT2D eigenvalue weighted by Crippen LogP contribution is 2.17. The van der Waals surface area contributed by atoms with E-state index in [-0.39, 0.29) is 7.43 Å². The van der Waals surface area contributed by atoms with Gasteiger partial charge in [-0.2, -0.15) is 0 Å². The summed E-state index contributed by atoms with van der Waals surface area (Å²) in [6, 6.07) is 0. The van der Waals surface area contributed by atoms with Gasteiger partial charge < -0.3 is 5.73 Å². The molecule has 0 aliphatic heterocycles. The molecule has 0 saturated carbocycles. The molecule has 0 bridgehead atoms. The fraction of sp³-hybridized carbons (Fsp3) is 0.500. The van der Waals surface area contributed by atoms with E-state index >= 15 is 0 Å². The summed E-state index contributed by atoms with van der Waals surface area (Å²) in [5, 5.41) is 0.723. The summed E-state index contributed by atoms with van der Waals surface area (Å²) < 4.78 is 0.659. The first-order valence-corrected chi connectivity index (χ1v) is 5.58. The first-order valence-electron chi connectivity index (χ1n) is 3.56. The Balaban J connectivity index is 0. The Morgan fingerprint density at radius 3 is 2.38 bits per heavy atom. The van der Waals surface area contributed by atoms with Crippen LogP contribution in [0.3, 0.4) is 0 Å². The third kappa shape index (κ3) is 5.10. The van der Waals surface area contributed by atoms with Crippen molar-refractivity contribution in [3.05, 3.63) is 10.8 Å². The van der Waals surface area contributed by atoms with E-state index in [1.807, 2.05) is 20.1 Å². The molecule has 3 nitrogen and oxygen atoms in total. The van der Waals surface area contributed by atoms with E-state index in [1.54, 1.807) is 6.20 Å². The molecule has 2 N–H and O–H groups in total. The standard InChI is InChI=1S/C5H6BrN3S.C2H6.CH4/c1-10-5-8-2-3(7)4(6)9-5;1-2;/h2H,7H2,1H3;1-2H3;1H4. The molecule has 1 rings (SSSR count). The predicted molar refractivity (Wildman–Crippen MR) is 64.0 cm³/mol. The largest absolute Gasteiger partial charge is 0.395 e. The van der Waals surface area contributed by atoms with Crippen LogP contribution in [0.2, 0.25) is 0 Å². The lowest BCUT2D eigenvalue weighted by atomic mass is 10.6. The molecule has 5 heteroatoms. The SMILES string of the molecule is C.CC.CSc1ncc(N)c(Br)n1. The zero-order chi connectivity index (χ0) is 9.56. The number of nitrogen functional groups attached to an aromatic ring is 1. The molecule has 0 aromatic carbocycles. The van der Waals surface area contributed by atoms with Crippen LogP contribution < -0.4 is 5.73 Å². The summed E-state index contributed by atoms with van der Waals surface area (Å²) in [5.41, 5.74) is 6.03. The Bertz CT molecular complexity index is 243. The highest BCUT2D eigenvalue weighted by Gasteiger charge is 1.98. The Hall–Kier alpha value is -0.290. The second kappa shape index (κ2) is 8.31. The van der Waals surface area contributed by atoms with Crippen molar-refractivity contribution in [3.63, 3.8) is 0 Å². The van der Waals surface area contributed by atoms with E-state index in [0.29, 0.717) is 10.3 Å². The summed E-state index contributed by atoms with van der Waals surface area (Å²) in [6.07, 6.45) is 3.50. The first-order chi connectivity index (χ1) is 5.74. The van der Waals surface area contributed by atoms with E-state index in [0.717, 1.165) is 5.16 Å².